The maximum absolute atomic E-state index is 6.49. The Labute approximate surface area is 115 Å². The molecule has 18 heavy (non-hydrogen) atoms. The summed E-state index contributed by atoms with van der Waals surface area (Å²) < 4.78 is 1.19. The van der Waals surface area contributed by atoms with Crippen LogP contribution < -0.4 is 0 Å². The molecule has 1 heterocycles. The highest BCUT2D eigenvalue weighted by Gasteiger charge is 2.15. The molecule has 0 spiro atoms. The number of thiazole rings is 1. The van der Waals surface area contributed by atoms with Gasteiger partial charge in [0, 0.05) is 0 Å². The van der Waals surface area contributed by atoms with Gasteiger partial charge in [-0.1, -0.05) is 36.4 Å². The van der Waals surface area contributed by atoms with Gasteiger partial charge in [-0.25, -0.2) is 4.98 Å². The number of rotatable bonds is 2. The molecule has 2 aromatic carbocycles. The largest absolute Gasteiger partial charge is 0.239 e. The van der Waals surface area contributed by atoms with Crippen LogP contribution in [-0.2, 0) is 0 Å². The van der Waals surface area contributed by atoms with Crippen molar-refractivity contribution < 1.29 is 0 Å². The van der Waals surface area contributed by atoms with Gasteiger partial charge in [-0.2, -0.15) is 0 Å². The molecule has 0 aliphatic heterocycles. The van der Waals surface area contributed by atoms with Crippen molar-refractivity contribution in [3.8, 4) is 0 Å². The third kappa shape index (κ3) is 2.14. The lowest BCUT2D eigenvalue weighted by Crippen LogP contribution is -1.91. The summed E-state index contributed by atoms with van der Waals surface area (Å²) in [5.41, 5.74) is 3.36. The van der Waals surface area contributed by atoms with E-state index in [1.165, 1.54) is 10.3 Å². The van der Waals surface area contributed by atoms with Gasteiger partial charge in [0.25, 0.3) is 0 Å². The average Bonchev–Trinajstić information content (AvgIpc) is 2.81. The monoisotopic (exact) mass is 273 g/mol. The zero-order valence-electron chi connectivity index (χ0n) is 9.93. The van der Waals surface area contributed by atoms with E-state index in [1.807, 2.05) is 30.3 Å². The maximum Gasteiger partial charge on any atom is 0.116 e. The molecule has 0 aliphatic carbocycles. The molecule has 1 unspecified atom stereocenters. The summed E-state index contributed by atoms with van der Waals surface area (Å²) in [6.45, 7) is 2.08. The van der Waals surface area contributed by atoms with Crippen LogP contribution in [0.15, 0.2) is 48.5 Å². The Kier molecular flexibility index (Phi) is 3.06. The van der Waals surface area contributed by atoms with Crippen molar-refractivity contribution in [2.45, 2.75) is 12.3 Å². The maximum atomic E-state index is 6.49. The second-order valence-electron chi connectivity index (χ2n) is 4.30. The first-order chi connectivity index (χ1) is 8.74. The number of hydrogen-bond acceptors (Lipinski definition) is 2. The lowest BCUT2D eigenvalue weighted by Gasteiger charge is -2.05. The summed E-state index contributed by atoms with van der Waals surface area (Å²) >= 11 is 8.16. The number of halogens is 1. The minimum atomic E-state index is -0.163. The predicted molar refractivity (Wildman–Crippen MR) is 78.5 cm³/mol. The molecule has 3 heteroatoms. The van der Waals surface area contributed by atoms with Gasteiger partial charge in [0.1, 0.15) is 10.4 Å². The van der Waals surface area contributed by atoms with E-state index in [2.05, 4.69) is 30.1 Å². The number of aryl methyl sites for hydroxylation is 1. The van der Waals surface area contributed by atoms with Gasteiger partial charge in [-0.3, -0.25) is 0 Å². The Morgan fingerprint density at radius 1 is 1.11 bits per heavy atom. The lowest BCUT2D eigenvalue weighted by molar-refractivity contribution is 1.11. The number of nitrogens with zero attached hydrogens (tertiary/aromatic N) is 1. The van der Waals surface area contributed by atoms with E-state index in [9.17, 15) is 0 Å². The van der Waals surface area contributed by atoms with Crippen molar-refractivity contribution in [2.24, 2.45) is 0 Å². The van der Waals surface area contributed by atoms with E-state index < -0.39 is 0 Å². The second-order valence-corrected chi connectivity index (χ2v) is 5.80. The van der Waals surface area contributed by atoms with Crippen molar-refractivity contribution >= 4 is 33.2 Å². The standard InChI is InChI=1S/C15H12ClNS/c1-10-7-8-13-12(9-10)17-15(18-13)14(16)11-5-3-2-4-6-11/h2-9,14H,1H3. The van der Waals surface area contributed by atoms with Crippen LogP contribution >= 0.6 is 22.9 Å². The van der Waals surface area contributed by atoms with E-state index in [4.69, 9.17) is 11.6 Å². The Morgan fingerprint density at radius 2 is 1.89 bits per heavy atom. The van der Waals surface area contributed by atoms with Gasteiger partial charge in [-0.15, -0.1) is 22.9 Å². The quantitative estimate of drug-likeness (QED) is 0.603. The number of aromatic nitrogens is 1. The lowest BCUT2D eigenvalue weighted by atomic mass is 10.1. The molecular weight excluding hydrogens is 262 g/mol. The van der Waals surface area contributed by atoms with Crippen LogP contribution in [0.3, 0.4) is 0 Å². The molecule has 0 N–H and O–H groups in total. The van der Waals surface area contributed by atoms with Crippen LogP contribution in [0.2, 0.25) is 0 Å². The molecule has 3 aromatic rings. The van der Waals surface area contributed by atoms with Crippen LogP contribution in [0.5, 0.6) is 0 Å². The molecule has 1 aromatic heterocycles. The van der Waals surface area contributed by atoms with Crippen molar-refractivity contribution in [1.29, 1.82) is 0 Å². The van der Waals surface area contributed by atoms with Crippen LogP contribution in [0.25, 0.3) is 10.2 Å². The first kappa shape index (κ1) is 11.7. The number of alkyl halides is 1. The molecule has 1 nitrogen and oxygen atoms in total. The molecule has 3 rings (SSSR count). The molecule has 0 saturated heterocycles. The van der Waals surface area contributed by atoms with E-state index >= 15 is 0 Å². The van der Waals surface area contributed by atoms with Crippen LogP contribution in [0, 0.1) is 6.92 Å². The molecule has 1 atom stereocenters. The van der Waals surface area contributed by atoms with E-state index in [1.54, 1.807) is 11.3 Å². The first-order valence-corrected chi connectivity index (χ1v) is 7.05. The summed E-state index contributed by atoms with van der Waals surface area (Å²) in [4.78, 5) is 4.64. The molecule has 0 saturated carbocycles. The fourth-order valence-electron chi connectivity index (χ4n) is 1.93. The molecule has 0 radical (unpaired) electrons. The summed E-state index contributed by atoms with van der Waals surface area (Å²) in [5.74, 6) is 0. The Bertz CT molecular complexity index is 675. The van der Waals surface area contributed by atoms with Crippen molar-refractivity contribution in [1.82, 2.24) is 4.98 Å². The van der Waals surface area contributed by atoms with Gasteiger partial charge in [0.15, 0.2) is 0 Å². The van der Waals surface area contributed by atoms with Crippen LogP contribution in [0.4, 0.5) is 0 Å². The van der Waals surface area contributed by atoms with Gasteiger partial charge in [-0.05, 0) is 30.2 Å². The molecule has 90 valence electrons. The zero-order chi connectivity index (χ0) is 12.5. The van der Waals surface area contributed by atoms with Crippen molar-refractivity contribution in [3.05, 3.63) is 64.7 Å². The fraction of sp³-hybridized carbons (Fsp3) is 0.133. The predicted octanol–water partition coefficient (Wildman–Crippen LogP) is 4.93. The SMILES string of the molecule is Cc1ccc2sc(C(Cl)c3ccccc3)nc2c1. The smallest absolute Gasteiger partial charge is 0.116 e. The van der Waals surface area contributed by atoms with E-state index in [-0.39, 0.29) is 5.38 Å². The summed E-state index contributed by atoms with van der Waals surface area (Å²) in [6, 6.07) is 16.4. The van der Waals surface area contributed by atoms with Crippen molar-refractivity contribution in [3.63, 3.8) is 0 Å². The molecular formula is C15H12ClNS. The second kappa shape index (κ2) is 4.71. The molecule has 0 bridgehead atoms. The molecule has 0 fully saturated rings. The first-order valence-electron chi connectivity index (χ1n) is 5.80. The van der Waals surface area contributed by atoms with E-state index in [0.29, 0.717) is 0 Å². The third-order valence-corrected chi connectivity index (χ3v) is 4.56. The minimum Gasteiger partial charge on any atom is -0.239 e. The van der Waals surface area contributed by atoms with Gasteiger partial charge >= 0.3 is 0 Å². The summed E-state index contributed by atoms with van der Waals surface area (Å²) in [6.07, 6.45) is 0. The minimum absolute atomic E-state index is 0.163. The van der Waals surface area contributed by atoms with Crippen LogP contribution in [0.1, 0.15) is 21.5 Å². The average molecular weight is 274 g/mol. The fourth-order valence-corrected chi connectivity index (χ4v) is 3.21. The number of hydrogen-bond donors (Lipinski definition) is 0. The highest BCUT2D eigenvalue weighted by molar-refractivity contribution is 7.18. The van der Waals surface area contributed by atoms with Crippen LogP contribution in [-0.4, -0.2) is 4.98 Å². The third-order valence-electron chi connectivity index (χ3n) is 2.87. The zero-order valence-corrected chi connectivity index (χ0v) is 11.5. The Balaban J connectivity index is 2.04. The van der Waals surface area contributed by atoms with Gasteiger partial charge < -0.3 is 0 Å². The van der Waals surface area contributed by atoms with Gasteiger partial charge in [0.05, 0.1) is 10.2 Å². The number of fused-ring (bicyclic) bond motifs is 1. The normalized spacial score (nSPS) is 12.8. The molecule has 0 aliphatic rings. The Morgan fingerprint density at radius 3 is 2.67 bits per heavy atom. The highest BCUT2D eigenvalue weighted by Crippen LogP contribution is 2.34. The molecule has 0 amide bonds. The van der Waals surface area contributed by atoms with E-state index in [0.717, 1.165) is 16.1 Å². The Hall–Kier alpha value is -1.38. The summed E-state index contributed by atoms with van der Waals surface area (Å²) in [5, 5.41) is 0.798. The van der Waals surface area contributed by atoms with Crippen molar-refractivity contribution in [2.75, 3.05) is 0 Å². The summed E-state index contributed by atoms with van der Waals surface area (Å²) in [7, 11) is 0. The number of benzene rings is 2. The highest BCUT2D eigenvalue weighted by atomic mass is 35.5. The van der Waals surface area contributed by atoms with Gasteiger partial charge in [0.2, 0.25) is 0 Å². The topological polar surface area (TPSA) is 12.9 Å².